The Bertz CT molecular complexity index is 428. The molecular formula is C9H9F4N3O2. The molecule has 0 spiro atoms. The van der Waals surface area contributed by atoms with Crippen molar-refractivity contribution < 1.29 is 27.5 Å². The van der Waals surface area contributed by atoms with E-state index in [0.29, 0.717) is 0 Å². The van der Waals surface area contributed by atoms with Crippen LogP contribution in [0, 0.1) is 0 Å². The van der Waals surface area contributed by atoms with Crippen LogP contribution in [0.25, 0.3) is 0 Å². The average Bonchev–Trinajstić information content (AvgIpc) is 2.29. The van der Waals surface area contributed by atoms with Gasteiger partial charge in [-0.2, -0.15) is 8.78 Å². The molecule has 5 nitrogen and oxygen atoms in total. The molecule has 0 bridgehead atoms. The molecule has 2 N–H and O–H groups in total. The monoisotopic (exact) mass is 267 g/mol. The third-order valence-electron chi connectivity index (χ3n) is 2.00. The summed E-state index contributed by atoms with van der Waals surface area (Å²) < 4.78 is 48.8. The highest BCUT2D eigenvalue weighted by molar-refractivity contribution is 5.88. The number of alkyl halides is 4. The van der Waals surface area contributed by atoms with Gasteiger partial charge in [0.15, 0.2) is 0 Å². The number of halogens is 4. The van der Waals surface area contributed by atoms with Gasteiger partial charge in [-0.25, -0.2) is 23.5 Å². The average molecular weight is 267 g/mol. The van der Waals surface area contributed by atoms with Crippen LogP contribution >= 0.6 is 0 Å². The van der Waals surface area contributed by atoms with Crippen molar-refractivity contribution in [2.75, 3.05) is 6.54 Å². The van der Waals surface area contributed by atoms with Crippen LogP contribution in [0.15, 0.2) is 12.5 Å². The van der Waals surface area contributed by atoms with E-state index in [-0.39, 0.29) is 17.8 Å². The number of nitrogens with zero attached hydrogens (tertiary/aromatic N) is 2. The summed E-state index contributed by atoms with van der Waals surface area (Å²) >= 11 is 0. The van der Waals surface area contributed by atoms with Gasteiger partial charge in [0.2, 0.25) is 0 Å². The molecule has 1 aromatic heterocycles. The van der Waals surface area contributed by atoms with E-state index in [2.05, 4.69) is 9.97 Å². The van der Waals surface area contributed by atoms with Crippen molar-refractivity contribution in [3.05, 3.63) is 23.8 Å². The number of carboxylic acid groups (broad SMARTS) is 1. The quantitative estimate of drug-likeness (QED) is 0.756. The summed E-state index contributed by atoms with van der Waals surface area (Å²) in [6, 6.07) is 0. The fourth-order valence-electron chi connectivity index (χ4n) is 1.10. The molecule has 0 atom stereocenters. The second-order valence-electron chi connectivity index (χ2n) is 3.35. The third kappa shape index (κ3) is 3.62. The molecule has 1 rings (SSSR count). The lowest BCUT2D eigenvalue weighted by Crippen LogP contribution is -2.38. The van der Waals surface area contributed by atoms with Crippen molar-refractivity contribution >= 4 is 5.97 Å². The molecule has 0 amide bonds. The van der Waals surface area contributed by atoms with Gasteiger partial charge in [0.05, 0.1) is 12.2 Å². The molecule has 100 valence electrons. The molecule has 0 aromatic carbocycles. The number of hydrogen-bond acceptors (Lipinski definition) is 4. The summed E-state index contributed by atoms with van der Waals surface area (Å²) in [6.07, 6.45) is -1.75. The van der Waals surface area contributed by atoms with E-state index in [1.807, 2.05) is 5.32 Å². The number of nitrogens with one attached hydrogen (secondary N) is 1. The SMILES string of the molecule is O=C(O)c1cncnc1CNCC(F)(F)C(F)F. The lowest BCUT2D eigenvalue weighted by atomic mass is 10.2. The standard InChI is InChI=1S/C9H9F4N3O2/c10-8(11)9(12,13)3-14-2-6-5(7(17)18)1-15-4-16-6/h1,4,8,14H,2-3H2,(H,17,18). The van der Waals surface area contributed by atoms with Crippen molar-refractivity contribution in [1.82, 2.24) is 15.3 Å². The maximum atomic E-state index is 12.5. The largest absolute Gasteiger partial charge is 0.478 e. The van der Waals surface area contributed by atoms with Crippen LogP contribution in [0.3, 0.4) is 0 Å². The second-order valence-corrected chi connectivity index (χ2v) is 3.35. The minimum Gasteiger partial charge on any atom is -0.478 e. The first kappa shape index (κ1) is 14.3. The van der Waals surface area contributed by atoms with Crippen LogP contribution in [0.2, 0.25) is 0 Å². The fourth-order valence-corrected chi connectivity index (χ4v) is 1.10. The molecule has 9 heteroatoms. The van der Waals surface area contributed by atoms with Crippen molar-refractivity contribution in [3.63, 3.8) is 0 Å². The smallest absolute Gasteiger partial charge is 0.339 e. The molecular weight excluding hydrogens is 258 g/mol. The van der Waals surface area contributed by atoms with Gasteiger partial charge in [-0.05, 0) is 0 Å². The maximum Gasteiger partial charge on any atom is 0.339 e. The number of rotatable bonds is 6. The number of carboxylic acids is 1. The Balaban J connectivity index is 2.62. The van der Waals surface area contributed by atoms with E-state index >= 15 is 0 Å². The predicted octanol–water partition coefficient (Wildman–Crippen LogP) is 1.16. The summed E-state index contributed by atoms with van der Waals surface area (Å²) in [5.41, 5.74) is -0.326. The first-order valence-electron chi connectivity index (χ1n) is 4.73. The molecule has 0 saturated carbocycles. The van der Waals surface area contributed by atoms with Gasteiger partial charge in [0.1, 0.15) is 11.9 Å². The predicted molar refractivity (Wildman–Crippen MR) is 51.6 cm³/mol. The van der Waals surface area contributed by atoms with Crippen molar-refractivity contribution in [2.45, 2.75) is 18.9 Å². The van der Waals surface area contributed by atoms with Gasteiger partial charge in [0, 0.05) is 12.7 Å². The molecule has 0 aliphatic rings. The minimum absolute atomic E-state index is 0.0532. The summed E-state index contributed by atoms with van der Waals surface area (Å²) in [6.45, 7) is -1.64. The Morgan fingerprint density at radius 3 is 2.72 bits per heavy atom. The Morgan fingerprint density at radius 1 is 1.50 bits per heavy atom. The molecule has 0 aliphatic heterocycles. The Morgan fingerprint density at radius 2 is 2.17 bits per heavy atom. The molecule has 1 heterocycles. The van der Waals surface area contributed by atoms with Crippen molar-refractivity contribution in [3.8, 4) is 0 Å². The van der Waals surface area contributed by atoms with E-state index in [1.54, 1.807) is 0 Å². The van der Waals surface area contributed by atoms with Gasteiger partial charge in [0.25, 0.3) is 0 Å². The number of hydrogen-bond donors (Lipinski definition) is 2. The van der Waals surface area contributed by atoms with E-state index in [0.717, 1.165) is 12.5 Å². The topological polar surface area (TPSA) is 75.1 Å². The lowest BCUT2D eigenvalue weighted by molar-refractivity contribution is -0.125. The van der Waals surface area contributed by atoms with Gasteiger partial charge in [-0.15, -0.1) is 0 Å². The zero-order chi connectivity index (χ0) is 13.8. The highest BCUT2D eigenvalue weighted by Gasteiger charge is 2.40. The van der Waals surface area contributed by atoms with Gasteiger partial charge in [-0.3, -0.25) is 0 Å². The molecule has 0 saturated heterocycles. The number of carbonyl (C=O) groups is 1. The summed E-state index contributed by atoms with van der Waals surface area (Å²) in [4.78, 5) is 17.8. The molecule has 0 aliphatic carbocycles. The van der Waals surface area contributed by atoms with Crippen LogP contribution in [-0.4, -0.2) is 39.9 Å². The molecule has 18 heavy (non-hydrogen) atoms. The first-order chi connectivity index (χ1) is 8.34. The number of aromatic nitrogens is 2. The second kappa shape index (κ2) is 5.71. The Labute approximate surface area is 98.9 Å². The fraction of sp³-hybridized carbons (Fsp3) is 0.444. The highest BCUT2D eigenvalue weighted by Crippen LogP contribution is 2.21. The van der Waals surface area contributed by atoms with Gasteiger partial charge < -0.3 is 10.4 Å². The summed E-state index contributed by atoms with van der Waals surface area (Å²) in [7, 11) is 0. The molecule has 1 aromatic rings. The van der Waals surface area contributed by atoms with Crippen LogP contribution in [0.5, 0.6) is 0 Å². The van der Waals surface area contributed by atoms with Crippen LogP contribution in [-0.2, 0) is 6.54 Å². The zero-order valence-corrected chi connectivity index (χ0v) is 8.91. The van der Waals surface area contributed by atoms with E-state index < -0.39 is 24.9 Å². The maximum absolute atomic E-state index is 12.5. The Hall–Kier alpha value is -1.77. The molecule has 0 fully saturated rings. The van der Waals surface area contributed by atoms with Gasteiger partial charge >= 0.3 is 18.3 Å². The van der Waals surface area contributed by atoms with Crippen LogP contribution in [0.4, 0.5) is 17.6 Å². The number of aromatic carboxylic acids is 1. The molecule has 0 radical (unpaired) electrons. The summed E-state index contributed by atoms with van der Waals surface area (Å²) in [5, 5.41) is 10.8. The third-order valence-corrected chi connectivity index (χ3v) is 2.00. The molecule has 0 unspecified atom stereocenters. The minimum atomic E-state index is -4.17. The zero-order valence-electron chi connectivity index (χ0n) is 8.91. The van der Waals surface area contributed by atoms with Crippen molar-refractivity contribution in [2.24, 2.45) is 0 Å². The van der Waals surface area contributed by atoms with E-state index in [9.17, 15) is 22.4 Å². The highest BCUT2D eigenvalue weighted by atomic mass is 19.3. The lowest BCUT2D eigenvalue weighted by Gasteiger charge is -2.15. The van der Waals surface area contributed by atoms with Gasteiger partial charge in [-0.1, -0.05) is 0 Å². The van der Waals surface area contributed by atoms with E-state index in [4.69, 9.17) is 5.11 Å². The van der Waals surface area contributed by atoms with Crippen LogP contribution < -0.4 is 5.32 Å². The van der Waals surface area contributed by atoms with Crippen molar-refractivity contribution in [1.29, 1.82) is 0 Å². The Kier molecular flexibility index (Phi) is 4.54. The van der Waals surface area contributed by atoms with E-state index in [1.165, 1.54) is 0 Å². The van der Waals surface area contributed by atoms with Crippen LogP contribution in [0.1, 0.15) is 16.1 Å². The normalized spacial score (nSPS) is 11.8. The first-order valence-corrected chi connectivity index (χ1v) is 4.73. The summed E-state index contributed by atoms with van der Waals surface area (Å²) in [5.74, 6) is -5.50.